The summed E-state index contributed by atoms with van der Waals surface area (Å²) in [5, 5.41) is 4.24. The molecule has 26 heavy (non-hydrogen) atoms. The first-order valence-electron chi connectivity index (χ1n) is 8.87. The van der Waals surface area contributed by atoms with Crippen LogP contribution in [0.3, 0.4) is 0 Å². The van der Waals surface area contributed by atoms with Crippen molar-refractivity contribution in [2.24, 2.45) is 0 Å². The second-order valence-corrected chi connectivity index (χ2v) is 6.67. The van der Waals surface area contributed by atoms with Gasteiger partial charge in [0, 0.05) is 52.0 Å². The van der Waals surface area contributed by atoms with Crippen LogP contribution in [0.5, 0.6) is 0 Å². The van der Waals surface area contributed by atoms with E-state index in [4.69, 9.17) is 21.7 Å². The molecule has 0 unspecified atom stereocenters. The van der Waals surface area contributed by atoms with Gasteiger partial charge in [-0.3, -0.25) is 4.98 Å². The van der Waals surface area contributed by atoms with E-state index >= 15 is 0 Å². The minimum Gasteiger partial charge on any atom is -0.385 e. The summed E-state index contributed by atoms with van der Waals surface area (Å²) in [4.78, 5) is 6.83. The lowest BCUT2D eigenvalue weighted by molar-refractivity contribution is 0.175. The van der Waals surface area contributed by atoms with Gasteiger partial charge in [-0.1, -0.05) is 6.07 Å². The quantitative estimate of drug-likeness (QED) is 0.538. The molecule has 0 aliphatic carbocycles. The average Bonchev–Trinajstić information content (AvgIpc) is 3.25. The first-order chi connectivity index (χ1) is 12.8. The van der Waals surface area contributed by atoms with Crippen LogP contribution in [0, 0.1) is 0 Å². The van der Waals surface area contributed by atoms with Gasteiger partial charge in [-0.2, -0.15) is 0 Å². The predicted molar refractivity (Wildman–Crippen MR) is 105 cm³/mol. The molecule has 1 N–H and O–H groups in total. The normalized spacial score (nSPS) is 19.8. The maximum Gasteiger partial charge on any atom is 0.170 e. The molecule has 0 radical (unpaired) electrons. The zero-order valence-electron chi connectivity index (χ0n) is 15.3. The Morgan fingerprint density at radius 3 is 2.69 bits per heavy atom. The van der Waals surface area contributed by atoms with E-state index < -0.39 is 0 Å². The third-order valence-corrected chi connectivity index (χ3v) is 5.00. The number of pyridine rings is 1. The number of nitrogens with zero attached hydrogens (tertiary/aromatic N) is 3. The van der Waals surface area contributed by atoms with E-state index in [0.717, 1.165) is 30.3 Å². The van der Waals surface area contributed by atoms with Gasteiger partial charge in [-0.05, 0) is 42.9 Å². The molecule has 140 valence electrons. The van der Waals surface area contributed by atoms with Crippen molar-refractivity contribution in [3.63, 3.8) is 0 Å². The Kier molecular flexibility index (Phi) is 6.60. The summed E-state index contributed by atoms with van der Waals surface area (Å²) >= 11 is 5.66. The number of nitrogens with one attached hydrogen (secondary N) is 1. The minimum atomic E-state index is 0.0161. The molecular weight excluding hydrogens is 348 g/mol. The smallest absolute Gasteiger partial charge is 0.170 e. The lowest BCUT2D eigenvalue weighted by Gasteiger charge is -2.29. The van der Waals surface area contributed by atoms with E-state index in [2.05, 4.69) is 38.1 Å². The Morgan fingerprint density at radius 1 is 1.12 bits per heavy atom. The fourth-order valence-electron chi connectivity index (χ4n) is 3.44. The van der Waals surface area contributed by atoms with Crippen LogP contribution >= 0.6 is 12.2 Å². The minimum absolute atomic E-state index is 0.0161. The average molecular weight is 375 g/mol. The van der Waals surface area contributed by atoms with Gasteiger partial charge >= 0.3 is 0 Å². The van der Waals surface area contributed by atoms with Crippen molar-refractivity contribution >= 4 is 17.3 Å². The second kappa shape index (κ2) is 9.12. The molecule has 2 atom stereocenters. The monoisotopic (exact) mass is 374 g/mol. The van der Waals surface area contributed by atoms with Crippen LogP contribution in [0.4, 0.5) is 0 Å². The van der Waals surface area contributed by atoms with E-state index in [1.54, 1.807) is 14.2 Å². The van der Waals surface area contributed by atoms with Crippen LogP contribution in [0.25, 0.3) is 0 Å². The third-order valence-electron chi connectivity index (χ3n) is 4.65. The second-order valence-electron chi connectivity index (χ2n) is 6.29. The maximum absolute atomic E-state index is 5.66. The third kappa shape index (κ3) is 4.06. The number of aromatic nitrogens is 2. The van der Waals surface area contributed by atoms with Gasteiger partial charge in [-0.15, -0.1) is 0 Å². The molecule has 0 spiro atoms. The molecule has 0 saturated carbocycles. The molecular formula is C19H26N4O2S. The Labute approximate surface area is 160 Å². The van der Waals surface area contributed by atoms with Gasteiger partial charge in [0.15, 0.2) is 5.11 Å². The van der Waals surface area contributed by atoms with Crippen LogP contribution in [0.2, 0.25) is 0 Å². The van der Waals surface area contributed by atoms with E-state index in [1.165, 1.54) is 5.69 Å². The summed E-state index contributed by atoms with van der Waals surface area (Å²) in [5.41, 5.74) is 2.20. The molecule has 0 bridgehead atoms. The Balaban J connectivity index is 1.92. The fraction of sp³-hybridized carbons (Fsp3) is 0.474. The van der Waals surface area contributed by atoms with E-state index in [1.807, 2.05) is 24.4 Å². The van der Waals surface area contributed by atoms with Gasteiger partial charge in [0.2, 0.25) is 0 Å². The first kappa shape index (κ1) is 18.8. The maximum atomic E-state index is 5.66. The molecule has 2 aromatic rings. The lowest BCUT2D eigenvalue weighted by atomic mass is 10.0. The number of rotatable bonds is 9. The zero-order valence-corrected chi connectivity index (χ0v) is 16.1. The Hall–Kier alpha value is -1.96. The molecule has 2 aromatic heterocycles. The highest BCUT2D eigenvalue weighted by molar-refractivity contribution is 7.80. The molecule has 7 heteroatoms. The zero-order chi connectivity index (χ0) is 18.4. The molecule has 3 heterocycles. The fourth-order valence-corrected chi connectivity index (χ4v) is 3.77. The highest BCUT2D eigenvalue weighted by Crippen LogP contribution is 2.38. The standard InChI is InChI=1S/C19H26N4O2S/c1-24-13-6-11-23-18(16-8-5-10-22(16)12-14-25-2)17(21-19(23)26)15-7-3-4-9-20-15/h3-5,7-10,17-18H,6,11-14H2,1-2H3,(H,21,26)/t17-,18-/m0/s1. The molecule has 1 aliphatic heterocycles. The van der Waals surface area contributed by atoms with Crippen molar-refractivity contribution in [3.8, 4) is 0 Å². The number of hydrogen-bond acceptors (Lipinski definition) is 4. The van der Waals surface area contributed by atoms with Gasteiger partial charge in [0.1, 0.15) is 0 Å². The SMILES string of the molecule is COCCCN1C(=S)N[C@@H](c2ccccn2)[C@@H]1c1cccn1CCOC. The summed E-state index contributed by atoms with van der Waals surface area (Å²) < 4.78 is 12.7. The van der Waals surface area contributed by atoms with Crippen LogP contribution in [-0.2, 0) is 16.0 Å². The summed E-state index contributed by atoms with van der Waals surface area (Å²) in [6, 6.07) is 10.3. The topological polar surface area (TPSA) is 51.5 Å². The van der Waals surface area contributed by atoms with Gasteiger partial charge < -0.3 is 24.3 Å². The Morgan fingerprint density at radius 2 is 1.96 bits per heavy atom. The highest BCUT2D eigenvalue weighted by atomic mass is 32.1. The van der Waals surface area contributed by atoms with Gasteiger partial charge in [0.25, 0.3) is 0 Å². The molecule has 0 amide bonds. The van der Waals surface area contributed by atoms with E-state index in [9.17, 15) is 0 Å². The molecule has 0 aromatic carbocycles. The summed E-state index contributed by atoms with van der Waals surface area (Å²) in [6.45, 7) is 3.03. The largest absolute Gasteiger partial charge is 0.385 e. The number of ether oxygens (including phenoxy) is 2. The first-order valence-corrected chi connectivity index (χ1v) is 9.28. The summed E-state index contributed by atoms with van der Waals surface area (Å²) in [7, 11) is 3.45. The van der Waals surface area contributed by atoms with Crippen molar-refractivity contribution < 1.29 is 9.47 Å². The van der Waals surface area contributed by atoms with Crippen LogP contribution in [-0.4, -0.2) is 53.5 Å². The highest BCUT2D eigenvalue weighted by Gasteiger charge is 2.40. The van der Waals surface area contributed by atoms with Crippen LogP contribution in [0.1, 0.15) is 29.9 Å². The van der Waals surface area contributed by atoms with Crippen LogP contribution in [0.15, 0.2) is 42.7 Å². The molecule has 3 rings (SSSR count). The summed E-state index contributed by atoms with van der Waals surface area (Å²) in [6.07, 6.45) is 4.84. The molecule has 1 fully saturated rings. The molecule has 6 nitrogen and oxygen atoms in total. The van der Waals surface area contributed by atoms with Crippen molar-refractivity contribution in [3.05, 3.63) is 54.1 Å². The summed E-state index contributed by atoms with van der Waals surface area (Å²) in [5.74, 6) is 0. The van der Waals surface area contributed by atoms with Crippen molar-refractivity contribution in [1.29, 1.82) is 0 Å². The van der Waals surface area contributed by atoms with Gasteiger partial charge in [0.05, 0.1) is 24.4 Å². The van der Waals surface area contributed by atoms with Crippen molar-refractivity contribution in [1.82, 2.24) is 19.8 Å². The molecule has 1 saturated heterocycles. The van der Waals surface area contributed by atoms with E-state index in [-0.39, 0.29) is 12.1 Å². The number of hydrogen-bond donors (Lipinski definition) is 1. The lowest BCUT2D eigenvalue weighted by Crippen LogP contribution is -2.32. The van der Waals surface area contributed by atoms with Gasteiger partial charge in [-0.25, -0.2) is 0 Å². The Bertz CT molecular complexity index is 707. The van der Waals surface area contributed by atoms with Crippen molar-refractivity contribution in [2.45, 2.75) is 25.0 Å². The molecule has 1 aliphatic rings. The number of thiocarbonyl (C=S) groups is 1. The van der Waals surface area contributed by atoms with Crippen molar-refractivity contribution in [2.75, 3.05) is 34.0 Å². The predicted octanol–water partition coefficient (Wildman–Crippen LogP) is 2.54. The van der Waals surface area contributed by atoms with Crippen LogP contribution < -0.4 is 5.32 Å². The number of methoxy groups -OCH3 is 2. The van der Waals surface area contributed by atoms with E-state index in [0.29, 0.717) is 13.2 Å².